The van der Waals surface area contributed by atoms with Crippen LogP contribution in [0.3, 0.4) is 0 Å². The highest BCUT2D eigenvalue weighted by atomic mass is 32.2. The molecule has 158 valence electrons. The molecule has 0 spiro atoms. The molecule has 31 heavy (non-hydrogen) atoms. The SMILES string of the molecule is Cc1cc(C)n2nc(SCc3ccccc3C(=O)Nc3ccc(C(C)C)cc3)nc2n1. The lowest BCUT2D eigenvalue weighted by molar-refractivity contribution is 0.102. The average molecular weight is 432 g/mol. The molecule has 0 aliphatic heterocycles. The summed E-state index contributed by atoms with van der Waals surface area (Å²) in [5.41, 5.74) is 5.52. The third kappa shape index (κ3) is 4.77. The van der Waals surface area contributed by atoms with Crippen LogP contribution < -0.4 is 5.32 Å². The van der Waals surface area contributed by atoms with Crippen molar-refractivity contribution in [3.63, 3.8) is 0 Å². The Kier molecular flexibility index (Phi) is 6.04. The van der Waals surface area contributed by atoms with Gasteiger partial charge >= 0.3 is 0 Å². The summed E-state index contributed by atoms with van der Waals surface area (Å²) in [7, 11) is 0. The van der Waals surface area contributed by atoms with Crippen LogP contribution >= 0.6 is 11.8 Å². The fraction of sp³-hybridized carbons (Fsp3) is 0.250. The number of carbonyl (C=O) groups is 1. The molecule has 0 radical (unpaired) electrons. The van der Waals surface area contributed by atoms with Crippen molar-refractivity contribution in [3.05, 3.63) is 82.7 Å². The highest BCUT2D eigenvalue weighted by molar-refractivity contribution is 7.98. The molecule has 0 unspecified atom stereocenters. The van der Waals surface area contributed by atoms with Gasteiger partial charge in [0.25, 0.3) is 11.7 Å². The average Bonchev–Trinajstić information content (AvgIpc) is 3.16. The number of aryl methyl sites for hydroxylation is 2. The van der Waals surface area contributed by atoms with Crippen LogP contribution in [0, 0.1) is 13.8 Å². The number of nitrogens with zero attached hydrogens (tertiary/aromatic N) is 4. The molecular formula is C24H25N5OS. The molecule has 2 aromatic heterocycles. The molecule has 1 N–H and O–H groups in total. The fourth-order valence-corrected chi connectivity index (χ4v) is 4.19. The molecule has 0 atom stereocenters. The molecule has 4 aromatic rings. The van der Waals surface area contributed by atoms with Gasteiger partial charge in [-0.25, -0.2) is 9.50 Å². The Morgan fingerprint density at radius 1 is 1.06 bits per heavy atom. The number of amides is 1. The second kappa shape index (κ2) is 8.89. The summed E-state index contributed by atoms with van der Waals surface area (Å²) in [5.74, 6) is 1.52. The number of benzene rings is 2. The minimum atomic E-state index is -0.121. The number of aromatic nitrogens is 4. The van der Waals surface area contributed by atoms with Crippen molar-refractivity contribution in [2.45, 2.75) is 44.5 Å². The van der Waals surface area contributed by atoms with Crippen molar-refractivity contribution < 1.29 is 4.79 Å². The summed E-state index contributed by atoms with van der Waals surface area (Å²) >= 11 is 1.49. The third-order valence-corrected chi connectivity index (χ3v) is 5.94. The quantitative estimate of drug-likeness (QED) is 0.413. The second-order valence-corrected chi connectivity index (χ2v) is 8.76. The minimum Gasteiger partial charge on any atom is -0.322 e. The predicted octanol–water partition coefficient (Wildman–Crippen LogP) is 5.41. The number of anilines is 1. The maximum Gasteiger partial charge on any atom is 0.255 e. The zero-order valence-corrected chi connectivity index (χ0v) is 18.9. The molecule has 0 bridgehead atoms. The number of rotatable bonds is 6. The molecule has 6 nitrogen and oxygen atoms in total. The predicted molar refractivity (Wildman–Crippen MR) is 125 cm³/mol. The molecule has 0 fully saturated rings. The second-order valence-electron chi connectivity index (χ2n) is 7.82. The van der Waals surface area contributed by atoms with Gasteiger partial charge in [0, 0.05) is 28.4 Å². The first-order valence-electron chi connectivity index (χ1n) is 10.2. The summed E-state index contributed by atoms with van der Waals surface area (Å²) < 4.78 is 1.74. The highest BCUT2D eigenvalue weighted by Gasteiger charge is 2.14. The van der Waals surface area contributed by atoms with Crippen molar-refractivity contribution in [2.75, 3.05) is 5.32 Å². The van der Waals surface area contributed by atoms with E-state index >= 15 is 0 Å². The zero-order chi connectivity index (χ0) is 22.0. The van der Waals surface area contributed by atoms with Crippen molar-refractivity contribution in [3.8, 4) is 0 Å². The maximum atomic E-state index is 12.9. The van der Waals surface area contributed by atoms with Crippen LogP contribution in [-0.2, 0) is 5.75 Å². The molecule has 0 aliphatic rings. The van der Waals surface area contributed by atoms with Crippen molar-refractivity contribution >= 4 is 29.1 Å². The van der Waals surface area contributed by atoms with Gasteiger partial charge in [0.2, 0.25) is 5.16 Å². The van der Waals surface area contributed by atoms with E-state index in [9.17, 15) is 4.79 Å². The summed E-state index contributed by atoms with van der Waals surface area (Å²) in [6.07, 6.45) is 0. The van der Waals surface area contributed by atoms with Crippen molar-refractivity contribution in [1.82, 2.24) is 19.6 Å². The molecule has 7 heteroatoms. The Bertz CT molecular complexity index is 1230. The van der Waals surface area contributed by atoms with Crippen LogP contribution in [0.4, 0.5) is 5.69 Å². The van der Waals surface area contributed by atoms with Gasteiger partial charge in [-0.1, -0.05) is 55.9 Å². The first-order chi connectivity index (χ1) is 14.9. The van der Waals surface area contributed by atoms with Crippen molar-refractivity contribution in [2.24, 2.45) is 0 Å². The Labute approximate surface area is 186 Å². The molecule has 4 rings (SSSR count). The lowest BCUT2D eigenvalue weighted by atomic mass is 10.0. The normalized spacial score (nSPS) is 11.3. The van der Waals surface area contributed by atoms with Gasteiger partial charge in [-0.05, 0) is 55.2 Å². The van der Waals surface area contributed by atoms with Crippen molar-refractivity contribution in [1.29, 1.82) is 0 Å². The largest absolute Gasteiger partial charge is 0.322 e. The highest BCUT2D eigenvalue weighted by Crippen LogP contribution is 2.24. The molecular weight excluding hydrogens is 406 g/mol. The summed E-state index contributed by atoms with van der Waals surface area (Å²) in [4.78, 5) is 21.9. The molecule has 2 aromatic carbocycles. The smallest absolute Gasteiger partial charge is 0.255 e. The molecule has 2 heterocycles. The van der Waals surface area contributed by atoms with E-state index in [4.69, 9.17) is 0 Å². The molecule has 0 saturated heterocycles. The van der Waals surface area contributed by atoms with E-state index in [0.29, 0.717) is 28.2 Å². The van der Waals surface area contributed by atoms with E-state index in [-0.39, 0.29) is 5.91 Å². The number of hydrogen-bond donors (Lipinski definition) is 1. The standard InChI is InChI=1S/C24H25N5OS/c1-15(2)18-9-11-20(12-10-18)26-22(30)21-8-6-5-7-19(21)14-31-24-27-23-25-16(3)13-17(4)29(23)28-24/h5-13,15H,14H2,1-4H3,(H,26,30). The first-order valence-corrected chi connectivity index (χ1v) is 11.2. The van der Waals surface area contributed by atoms with E-state index in [0.717, 1.165) is 22.6 Å². The zero-order valence-electron chi connectivity index (χ0n) is 18.1. The lowest BCUT2D eigenvalue weighted by Crippen LogP contribution is -2.14. The summed E-state index contributed by atoms with van der Waals surface area (Å²) in [6, 6.07) is 17.6. The fourth-order valence-electron chi connectivity index (χ4n) is 3.37. The van der Waals surface area contributed by atoms with E-state index in [1.807, 2.05) is 56.3 Å². The summed E-state index contributed by atoms with van der Waals surface area (Å²) in [5, 5.41) is 8.18. The van der Waals surface area contributed by atoms with Gasteiger partial charge < -0.3 is 5.32 Å². The number of carbonyl (C=O) groups excluding carboxylic acids is 1. The topological polar surface area (TPSA) is 72.2 Å². The van der Waals surface area contributed by atoms with Crippen LogP contribution in [0.25, 0.3) is 5.78 Å². The van der Waals surface area contributed by atoms with Gasteiger partial charge in [0.1, 0.15) is 0 Å². The third-order valence-electron chi connectivity index (χ3n) is 5.05. The van der Waals surface area contributed by atoms with Crippen LogP contribution in [0.2, 0.25) is 0 Å². The van der Waals surface area contributed by atoms with Gasteiger partial charge in [0.05, 0.1) is 0 Å². The van der Waals surface area contributed by atoms with Crippen LogP contribution in [0.15, 0.2) is 59.8 Å². The van der Waals surface area contributed by atoms with Gasteiger partial charge in [-0.15, -0.1) is 5.10 Å². The van der Waals surface area contributed by atoms with E-state index in [1.165, 1.54) is 17.3 Å². The van der Waals surface area contributed by atoms with E-state index < -0.39 is 0 Å². The van der Waals surface area contributed by atoms with E-state index in [2.05, 4.69) is 46.4 Å². The minimum absolute atomic E-state index is 0.121. The molecule has 0 aliphatic carbocycles. The molecule has 1 amide bonds. The number of nitrogens with one attached hydrogen (secondary N) is 1. The maximum absolute atomic E-state index is 12.9. The Hall–Kier alpha value is -3.19. The Morgan fingerprint density at radius 3 is 2.55 bits per heavy atom. The van der Waals surface area contributed by atoms with Gasteiger partial charge in [-0.2, -0.15) is 4.98 Å². The number of thioether (sulfide) groups is 1. The lowest BCUT2D eigenvalue weighted by Gasteiger charge is -2.11. The number of hydrogen-bond acceptors (Lipinski definition) is 5. The Morgan fingerprint density at radius 2 is 1.81 bits per heavy atom. The van der Waals surface area contributed by atoms with Gasteiger partial charge in [0.15, 0.2) is 0 Å². The van der Waals surface area contributed by atoms with Gasteiger partial charge in [-0.3, -0.25) is 4.79 Å². The van der Waals surface area contributed by atoms with E-state index in [1.54, 1.807) is 4.52 Å². The van der Waals surface area contributed by atoms with Crippen LogP contribution in [0.1, 0.15) is 52.6 Å². The van der Waals surface area contributed by atoms with Crippen LogP contribution in [0.5, 0.6) is 0 Å². The van der Waals surface area contributed by atoms with Crippen LogP contribution in [-0.4, -0.2) is 25.5 Å². The monoisotopic (exact) mass is 431 g/mol. The Balaban J connectivity index is 1.49. The summed E-state index contributed by atoms with van der Waals surface area (Å²) in [6.45, 7) is 8.23. The number of fused-ring (bicyclic) bond motifs is 1. The molecule has 0 saturated carbocycles. The first kappa shape index (κ1) is 21.1.